The molecule has 2 heterocycles. The average molecular weight is 390 g/mol. The normalized spacial score (nSPS) is 10.3. The molecule has 0 radical (unpaired) electrons. The van der Waals surface area contributed by atoms with E-state index in [1.54, 1.807) is 24.5 Å². The summed E-state index contributed by atoms with van der Waals surface area (Å²) in [6.07, 6.45) is 3.42. The number of benzene rings is 1. The fourth-order valence-corrected chi connectivity index (χ4v) is 2.53. The van der Waals surface area contributed by atoms with Gasteiger partial charge >= 0.3 is 0 Å². The van der Waals surface area contributed by atoms with Gasteiger partial charge in [-0.2, -0.15) is 5.10 Å². The molecule has 0 fully saturated rings. The number of carbonyl (C=O) groups is 1. The molecule has 5 nitrogen and oxygen atoms in total. The summed E-state index contributed by atoms with van der Waals surface area (Å²) in [7, 11) is 0. The van der Waals surface area contributed by atoms with Gasteiger partial charge in [-0.25, -0.2) is 0 Å². The highest BCUT2D eigenvalue weighted by Crippen LogP contribution is 2.19. The Bertz CT molecular complexity index is 770. The molecule has 21 heavy (non-hydrogen) atoms. The van der Waals surface area contributed by atoms with Crippen molar-refractivity contribution >= 4 is 34.3 Å². The smallest absolute Gasteiger partial charge is 0.257 e. The SMILES string of the molecule is O=C(Nc1cc(-c2ccncc2)[nH]n1)c1ccccc1I. The molecule has 0 saturated carbocycles. The number of H-pyrrole nitrogens is 1. The van der Waals surface area contributed by atoms with Gasteiger partial charge in [0.05, 0.1) is 11.3 Å². The van der Waals surface area contributed by atoms with Crippen molar-refractivity contribution in [1.29, 1.82) is 0 Å². The van der Waals surface area contributed by atoms with Gasteiger partial charge in [0.15, 0.2) is 5.82 Å². The maximum atomic E-state index is 12.2. The van der Waals surface area contributed by atoms with Crippen LogP contribution in [-0.4, -0.2) is 21.1 Å². The van der Waals surface area contributed by atoms with Crippen molar-refractivity contribution in [3.63, 3.8) is 0 Å². The number of hydrogen-bond donors (Lipinski definition) is 2. The first-order valence-electron chi connectivity index (χ1n) is 6.26. The lowest BCUT2D eigenvalue weighted by atomic mass is 10.2. The number of carbonyl (C=O) groups excluding carboxylic acids is 1. The van der Waals surface area contributed by atoms with Crippen molar-refractivity contribution in [1.82, 2.24) is 15.2 Å². The third kappa shape index (κ3) is 3.10. The number of hydrogen-bond acceptors (Lipinski definition) is 3. The minimum atomic E-state index is -0.173. The van der Waals surface area contributed by atoms with Crippen LogP contribution >= 0.6 is 22.6 Å². The molecule has 0 unspecified atom stereocenters. The molecular weight excluding hydrogens is 379 g/mol. The Kier molecular flexibility index (Phi) is 3.96. The average Bonchev–Trinajstić information content (AvgIpc) is 2.97. The van der Waals surface area contributed by atoms with E-state index in [0.29, 0.717) is 11.4 Å². The Labute approximate surface area is 135 Å². The van der Waals surface area contributed by atoms with E-state index >= 15 is 0 Å². The second-order valence-electron chi connectivity index (χ2n) is 4.34. The molecule has 2 aromatic heterocycles. The second-order valence-corrected chi connectivity index (χ2v) is 5.50. The van der Waals surface area contributed by atoms with E-state index in [4.69, 9.17) is 0 Å². The lowest BCUT2D eigenvalue weighted by molar-refractivity contribution is 0.102. The van der Waals surface area contributed by atoms with Crippen molar-refractivity contribution in [2.24, 2.45) is 0 Å². The Balaban J connectivity index is 1.79. The van der Waals surface area contributed by atoms with Crippen LogP contribution in [0.3, 0.4) is 0 Å². The molecule has 3 aromatic rings. The predicted molar refractivity (Wildman–Crippen MR) is 88.9 cm³/mol. The van der Waals surface area contributed by atoms with Crippen molar-refractivity contribution in [3.8, 4) is 11.3 Å². The van der Waals surface area contributed by atoms with Gasteiger partial charge in [-0.1, -0.05) is 12.1 Å². The minimum absolute atomic E-state index is 0.173. The highest BCUT2D eigenvalue weighted by atomic mass is 127. The summed E-state index contributed by atoms with van der Waals surface area (Å²) in [5, 5.41) is 9.79. The number of aromatic nitrogens is 3. The van der Waals surface area contributed by atoms with Crippen LogP contribution in [0.25, 0.3) is 11.3 Å². The van der Waals surface area contributed by atoms with Crippen molar-refractivity contribution in [2.75, 3.05) is 5.32 Å². The van der Waals surface area contributed by atoms with Crippen molar-refractivity contribution < 1.29 is 4.79 Å². The Hall–Kier alpha value is -2.22. The fourth-order valence-electron chi connectivity index (χ4n) is 1.89. The number of nitrogens with one attached hydrogen (secondary N) is 2. The summed E-state index contributed by atoms with van der Waals surface area (Å²) >= 11 is 2.14. The molecule has 0 atom stereocenters. The number of anilines is 1. The van der Waals surface area contributed by atoms with Crippen LogP contribution in [0.4, 0.5) is 5.82 Å². The number of aromatic amines is 1. The standard InChI is InChI=1S/C15H11IN4O/c16-12-4-2-1-3-11(12)15(21)18-14-9-13(19-20-14)10-5-7-17-8-6-10/h1-9H,(H2,18,19,20,21). The minimum Gasteiger partial charge on any atom is -0.305 e. The largest absolute Gasteiger partial charge is 0.305 e. The van der Waals surface area contributed by atoms with Crippen LogP contribution in [0.2, 0.25) is 0 Å². The van der Waals surface area contributed by atoms with Crippen molar-refractivity contribution in [3.05, 3.63) is 64.0 Å². The zero-order valence-corrected chi connectivity index (χ0v) is 13.0. The summed E-state index contributed by atoms with van der Waals surface area (Å²) in [5.74, 6) is 0.319. The van der Waals surface area contributed by atoms with Crippen LogP contribution in [0.1, 0.15) is 10.4 Å². The van der Waals surface area contributed by atoms with E-state index in [9.17, 15) is 4.79 Å². The molecule has 2 N–H and O–H groups in total. The summed E-state index contributed by atoms with van der Waals surface area (Å²) in [5.41, 5.74) is 2.43. The third-order valence-electron chi connectivity index (χ3n) is 2.93. The topological polar surface area (TPSA) is 70.7 Å². The molecule has 1 amide bonds. The van der Waals surface area contributed by atoms with E-state index in [0.717, 1.165) is 14.8 Å². The van der Waals surface area contributed by atoms with Gasteiger partial charge in [-0.05, 0) is 46.9 Å². The van der Waals surface area contributed by atoms with Gasteiger partial charge in [0, 0.05) is 27.6 Å². The first-order valence-corrected chi connectivity index (χ1v) is 7.33. The molecule has 3 rings (SSSR count). The Morgan fingerprint density at radius 2 is 1.90 bits per heavy atom. The molecule has 0 bridgehead atoms. The monoisotopic (exact) mass is 390 g/mol. The van der Waals surface area contributed by atoms with Crippen LogP contribution in [0, 0.1) is 3.57 Å². The maximum absolute atomic E-state index is 12.2. The van der Waals surface area contributed by atoms with Gasteiger partial charge in [0.2, 0.25) is 0 Å². The van der Waals surface area contributed by atoms with Crippen LogP contribution < -0.4 is 5.32 Å². The summed E-state index contributed by atoms with van der Waals surface area (Å²) in [6.45, 7) is 0. The summed E-state index contributed by atoms with van der Waals surface area (Å²) in [4.78, 5) is 16.2. The number of rotatable bonds is 3. The molecule has 6 heteroatoms. The predicted octanol–water partition coefficient (Wildman–Crippen LogP) is 3.33. The number of pyridine rings is 1. The van der Waals surface area contributed by atoms with E-state index in [2.05, 4.69) is 43.1 Å². The van der Waals surface area contributed by atoms with E-state index < -0.39 is 0 Å². The van der Waals surface area contributed by atoms with E-state index in [1.165, 1.54) is 0 Å². The number of amides is 1. The molecular formula is C15H11IN4O. The van der Waals surface area contributed by atoms with Crippen molar-refractivity contribution in [2.45, 2.75) is 0 Å². The van der Waals surface area contributed by atoms with Crippen LogP contribution in [-0.2, 0) is 0 Å². The second kappa shape index (κ2) is 6.04. The molecule has 104 valence electrons. The first kappa shape index (κ1) is 13.7. The zero-order chi connectivity index (χ0) is 14.7. The van der Waals surface area contributed by atoms with Gasteiger partial charge in [-0.3, -0.25) is 14.9 Å². The van der Waals surface area contributed by atoms with Crippen LogP contribution in [0.15, 0.2) is 54.9 Å². The van der Waals surface area contributed by atoms with Gasteiger partial charge in [0.25, 0.3) is 5.91 Å². The molecule has 0 aliphatic heterocycles. The number of nitrogens with zero attached hydrogens (tertiary/aromatic N) is 2. The molecule has 0 spiro atoms. The molecule has 1 aromatic carbocycles. The molecule has 0 aliphatic carbocycles. The zero-order valence-electron chi connectivity index (χ0n) is 10.9. The third-order valence-corrected chi connectivity index (χ3v) is 3.87. The van der Waals surface area contributed by atoms with Crippen LogP contribution in [0.5, 0.6) is 0 Å². The fraction of sp³-hybridized carbons (Fsp3) is 0. The molecule has 0 saturated heterocycles. The lowest BCUT2D eigenvalue weighted by Gasteiger charge is -2.03. The Morgan fingerprint density at radius 3 is 2.67 bits per heavy atom. The van der Waals surface area contributed by atoms with Gasteiger partial charge < -0.3 is 5.32 Å². The quantitative estimate of drug-likeness (QED) is 0.674. The lowest BCUT2D eigenvalue weighted by Crippen LogP contribution is -2.13. The van der Waals surface area contributed by atoms with E-state index in [-0.39, 0.29) is 5.91 Å². The maximum Gasteiger partial charge on any atom is 0.257 e. The highest BCUT2D eigenvalue weighted by Gasteiger charge is 2.11. The highest BCUT2D eigenvalue weighted by molar-refractivity contribution is 14.1. The summed E-state index contributed by atoms with van der Waals surface area (Å²) < 4.78 is 0.900. The number of halogens is 1. The first-order chi connectivity index (χ1) is 10.2. The van der Waals surface area contributed by atoms with Gasteiger partial charge in [-0.15, -0.1) is 0 Å². The van der Waals surface area contributed by atoms with E-state index in [1.807, 2.05) is 30.3 Å². The Morgan fingerprint density at radius 1 is 1.14 bits per heavy atom. The molecule has 0 aliphatic rings. The van der Waals surface area contributed by atoms with Gasteiger partial charge in [0.1, 0.15) is 0 Å². The summed E-state index contributed by atoms with van der Waals surface area (Å²) in [6, 6.07) is 13.0.